The van der Waals surface area contributed by atoms with Crippen LogP contribution in [0.2, 0.25) is 0 Å². The molecule has 23 heavy (non-hydrogen) atoms. The molecule has 0 heterocycles. The van der Waals surface area contributed by atoms with Gasteiger partial charge in [-0.05, 0) is 37.3 Å². The highest BCUT2D eigenvalue weighted by atomic mass is 79.9. The predicted molar refractivity (Wildman–Crippen MR) is 96.0 cm³/mol. The summed E-state index contributed by atoms with van der Waals surface area (Å²) in [5.74, 6) is 0.556. The fraction of sp³-hybridized carbons (Fsp3) is 0.176. The Morgan fingerprint density at radius 3 is 2.52 bits per heavy atom. The Hall–Kier alpha value is -2.34. The molecule has 2 N–H and O–H groups in total. The van der Waals surface area contributed by atoms with Crippen LogP contribution in [0.4, 0.5) is 5.69 Å². The van der Waals surface area contributed by atoms with E-state index < -0.39 is 0 Å². The molecule has 0 atom stereocenters. The molecule has 0 spiro atoms. The number of benzene rings is 2. The second-order valence-electron chi connectivity index (χ2n) is 4.79. The SMILES string of the molecule is COc1ccc(NCC(=O)N/N=C(/C)c2ccccc2Br)cc1. The molecule has 0 radical (unpaired) electrons. The Labute approximate surface area is 143 Å². The van der Waals surface area contributed by atoms with Gasteiger partial charge in [0.25, 0.3) is 5.91 Å². The Morgan fingerprint density at radius 2 is 1.87 bits per heavy atom. The van der Waals surface area contributed by atoms with E-state index in [1.807, 2.05) is 55.5 Å². The first kappa shape index (κ1) is 17.0. The van der Waals surface area contributed by atoms with Crippen molar-refractivity contribution >= 4 is 33.2 Å². The van der Waals surface area contributed by atoms with Crippen molar-refractivity contribution in [1.82, 2.24) is 5.43 Å². The fourth-order valence-electron chi connectivity index (χ4n) is 1.89. The maximum absolute atomic E-state index is 11.8. The highest BCUT2D eigenvalue weighted by Gasteiger charge is 2.04. The molecule has 2 rings (SSSR count). The van der Waals surface area contributed by atoms with Crippen LogP contribution >= 0.6 is 15.9 Å². The number of hydrogen-bond donors (Lipinski definition) is 2. The van der Waals surface area contributed by atoms with E-state index >= 15 is 0 Å². The molecule has 0 saturated heterocycles. The Morgan fingerprint density at radius 1 is 1.17 bits per heavy atom. The second kappa shape index (κ2) is 8.33. The van der Waals surface area contributed by atoms with Crippen molar-refractivity contribution in [3.8, 4) is 5.75 Å². The maximum atomic E-state index is 11.8. The maximum Gasteiger partial charge on any atom is 0.259 e. The van der Waals surface area contributed by atoms with Crippen LogP contribution in [-0.2, 0) is 4.79 Å². The molecule has 0 fully saturated rings. The summed E-state index contributed by atoms with van der Waals surface area (Å²) in [5.41, 5.74) is 5.05. The van der Waals surface area contributed by atoms with Gasteiger partial charge in [0, 0.05) is 15.7 Å². The molecule has 5 nitrogen and oxygen atoms in total. The summed E-state index contributed by atoms with van der Waals surface area (Å²) in [4.78, 5) is 11.8. The predicted octanol–water partition coefficient (Wildman–Crippen LogP) is 3.41. The van der Waals surface area contributed by atoms with E-state index in [0.29, 0.717) is 0 Å². The summed E-state index contributed by atoms with van der Waals surface area (Å²) in [7, 11) is 1.61. The Kier molecular flexibility index (Phi) is 6.17. The second-order valence-corrected chi connectivity index (χ2v) is 5.65. The van der Waals surface area contributed by atoms with Crippen LogP contribution < -0.4 is 15.5 Å². The summed E-state index contributed by atoms with van der Waals surface area (Å²) in [6.07, 6.45) is 0. The van der Waals surface area contributed by atoms with Gasteiger partial charge < -0.3 is 10.1 Å². The van der Waals surface area contributed by atoms with Crippen LogP contribution in [0, 0.1) is 0 Å². The third-order valence-corrected chi connectivity index (χ3v) is 3.85. The number of hydrogen-bond acceptors (Lipinski definition) is 4. The van der Waals surface area contributed by atoms with Crippen LogP contribution in [0.25, 0.3) is 0 Å². The Balaban J connectivity index is 1.87. The topological polar surface area (TPSA) is 62.7 Å². The molecule has 6 heteroatoms. The van der Waals surface area contributed by atoms with Crippen LogP contribution in [0.1, 0.15) is 12.5 Å². The molecule has 0 aliphatic carbocycles. The minimum atomic E-state index is -0.216. The van der Waals surface area contributed by atoms with Crippen LogP contribution in [0.5, 0.6) is 5.75 Å². The number of nitrogens with zero attached hydrogens (tertiary/aromatic N) is 1. The first-order chi connectivity index (χ1) is 11.1. The number of carbonyl (C=O) groups is 1. The lowest BCUT2D eigenvalue weighted by Gasteiger charge is -2.07. The van der Waals surface area contributed by atoms with Crippen molar-refractivity contribution in [3.63, 3.8) is 0 Å². The number of hydrazone groups is 1. The summed E-state index contributed by atoms with van der Waals surface area (Å²) in [6.45, 7) is 1.98. The van der Waals surface area contributed by atoms with Crippen molar-refractivity contribution < 1.29 is 9.53 Å². The third-order valence-electron chi connectivity index (χ3n) is 3.16. The number of anilines is 1. The number of amides is 1. The molecule has 2 aromatic carbocycles. The molecule has 1 amide bonds. The minimum absolute atomic E-state index is 0.138. The molecule has 120 valence electrons. The summed E-state index contributed by atoms with van der Waals surface area (Å²) in [6, 6.07) is 15.1. The van der Waals surface area contributed by atoms with Gasteiger partial charge >= 0.3 is 0 Å². The average molecular weight is 376 g/mol. The van der Waals surface area contributed by atoms with E-state index in [9.17, 15) is 4.79 Å². The molecule has 0 aliphatic heterocycles. The van der Waals surface area contributed by atoms with Crippen LogP contribution in [0.3, 0.4) is 0 Å². The van der Waals surface area contributed by atoms with Gasteiger partial charge in [-0.25, -0.2) is 5.43 Å². The monoisotopic (exact) mass is 375 g/mol. The van der Waals surface area contributed by atoms with Crippen molar-refractivity contribution in [1.29, 1.82) is 0 Å². The summed E-state index contributed by atoms with van der Waals surface area (Å²) >= 11 is 3.46. The fourth-order valence-corrected chi connectivity index (χ4v) is 2.46. The van der Waals surface area contributed by atoms with E-state index in [0.717, 1.165) is 27.2 Å². The Bertz CT molecular complexity index is 699. The lowest BCUT2D eigenvalue weighted by Crippen LogP contribution is -2.26. The van der Waals surface area contributed by atoms with E-state index in [1.165, 1.54) is 0 Å². The zero-order valence-corrected chi connectivity index (χ0v) is 14.6. The van der Waals surface area contributed by atoms with Gasteiger partial charge in [0.2, 0.25) is 0 Å². The molecule has 0 saturated carbocycles. The van der Waals surface area contributed by atoms with E-state index in [2.05, 4.69) is 31.8 Å². The van der Waals surface area contributed by atoms with Crippen molar-refractivity contribution in [2.75, 3.05) is 19.0 Å². The summed E-state index contributed by atoms with van der Waals surface area (Å²) in [5, 5.41) is 7.15. The van der Waals surface area contributed by atoms with E-state index in [1.54, 1.807) is 7.11 Å². The van der Waals surface area contributed by atoms with Gasteiger partial charge in [-0.3, -0.25) is 4.79 Å². The van der Waals surface area contributed by atoms with Gasteiger partial charge in [0.1, 0.15) is 5.75 Å². The standard InChI is InChI=1S/C17H18BrN3O2/c1-12(15-5-3-4-6-16(15)18)20-21-17(22)11-19-13-7-9-14(23-2)10-8-13/h3-10,19H,11H2,1-2H3,(H,21,22)/b20-12-. The van der Waals surface area contributed by atoms with Gasteiger partial charge in [0.15, 0.2) is 0 Å². The van der Waals surface area contributed by atoms with Crippen LogP contribution in [-0.4, -0.2) is 25.3 Å². The molecule has 0 aromatic heterocycles. The molecular formula is C17H18BrN3O2. The van der Waals surface area contributed by atoms with Gasteiger partial charge in [0.05, 0.1) is 19.4 Å². The smallest absolute Gasteiger partial charge is 0.259 e. The van der Waals surface area contributed by atoms with Crippen LogP contribution in [0.15, 0.2) is 58.1 Å². The quantitative estimate of drug-likeness (QED) is 0.600. The first-order valence-electron chi connectivity index (χ1n) is 7.06. The number of halogens is 1. The average Bonchev–Trinajstić information content (AvgIpc) is 2.58. The van der Waals surface area contributed by atoms with Gasteiger partial charge in [-0.2, -0.15) is 5.10 Å². The van der Waals surface area contributed by atoms with E-state index in [-0.39, 0.29) is 12.5 Å². The molecule has 0 aliphatic rings. The normalized spacial score (nSPS) is 11.0. The largest absolute Gasteiger partial charge is 0.497 e. The van der Waals surface area contributed by atoms with Crippen molar-refractivity contribution in [3.05, 3.63) is 58.6 Å². The van der Waals surface area contributed by atoms with Crippen molar-refractivity contribution in [2.24, 2.45) is 5.10 Å². The third kappa shape index (κ3) is 5.10. The number of methoxy groups -OCH3 is 1. The number of carbonyl (C=O) groups excluding carboxylic acids is 1. The van der Waals surface area contributed by atoms with Gasteiger partial charge in [-0.1, -0.05) is 34.1 Å². The molecule has 0 unspecified atom stereocenters. The molecule has 0 bridgehead atoms. The first-order valence-corrected chi connectivity index (χ1v) is 7.85. The number of rotatable bonds is 6. The highest BCUT2D eigenvalue weighted by molar-refractivity contribution is 9.10. The lowest BCUT2D eigenvalue weighted by molar-refractivity contribution is -0.119. The summed E-state index contributed by atoms with van der Waals surface area (Å²) < 4.78 is 6.02. The lowest BCUT2D eigenvalue weighted by atomic mass is 10.1. The molecule has 2 aromatic rings. The minimum Gasteiger partial charge on any atom is -0.497 e. The number of ether oxygens (including phenoxy) is 1. The molecular weight excluding hydrogens is 358 g/mol. The number of nitrogens with one attached hydrogen (secondary N) is 2. The zero-order chi connectivity index (χ0) is 16.7. The van der Waals surface area contributed by atoms with Gasteiger partial charge in [-0.15, -0.1) is 0 Å². The van der Waals surface area contributed by atoms with Crippen molar-refractivity contribution in [2.45, 2.75) is 6.92 Å². The van der Waals surface area contributed by atoms with E-state index in [4.69, 9.17) is 4.74 Å². The highest BCUT2D eigenvalue weighted by Crippen LogP contribution is 2.16. The zero-order valence-electron chi connectivity index (χ0n) is 13.0.